The molecule has 2 rings (SSSR count). The van der Waals surface area contributed by atoms with Gasteiger partial charge in [-0.2, -0.15) is 4.31 Å². The van der Waals surface area contributed by atoms with Gasteiger partial charge in [0.1, 0.15) is 5.82 Å². The Morgan fingerprint density at radius 2 is 2.10 bits per heavy atom. The van der Waals surface area contributed by atoms with Crippen LogP contribution in [-0.4, -0.2) is 60.2 Å². The molecule has 0 radical (unpaired) electrons. The Hall–Kier alpha value is -1.41. The molecule has 0 unspecified atom stereocenters. The SMILES string of the molecule is CCc1ncc(S(=O)(=O)N(C)CC(=O)N2CCCC2)[nH]1. The lowest BCUT2D eigenvalue weighted by molar-refractivity contribution is -0.130. The molecule has 0 saturated carbocycles. The molecular weight excluding hydrogens is 280 g/mol. The van der Waals surface area contributed by atoms with Gasteiger partial charge in [-0.25, -0.2) is 13.4 Å². The average Bonchev–Trinajstić information content (AvgIpc) is 3.09. The highest BCUT2D eigenvalue weighted by atomic mass is 32.2. The number of imidazole rings is 1. The number of likely N-dealkylation sites (N-methyl/N-ethyl adjacent to an activating group) is 1. The van der Waals surface area contributed by atoms with E-state index in [9.17, 15) is 13.2 Å². The summed E-state index contributed by atoms with van der Waals surface area (Å²) in [5.41, 5.74) is 0. The zero-order valence-corrected chi connectivity index (χ0v) is 12.6. The molecule has 2 heterocycles. The smallest absolute Gasteiger partial charge is 0.260 e. The van der Waals surface area contributed by atoms with Gasteiger partial charge in [0.15, 0.2) is 5.03 Å². The van der Waals surface area contributed by atoms with E-state index >= 15 is 0 Å². The number of aryl methyl sites for hydroxylation is 1. The van der Waals surface area contributed by atoms with Crippen molar-refractivity contribution in [3.8, 4) is 0 Å². The third kappa shape index (κ3) is 3.01. The largest absolute Gasteiger partial charge is 0.342 e. The standard InChI is InChI=1S/C12H20N4O3S/c1-3-10-13-8-11(14-10)20(18,19)15(2)9-12(17)16-6-4-5-7-16/h8H,3-7,9H2,1-2H3,(H,13,14). The van der Waals surface area contributed by atoms with Gasteiger partial charge in [0, 0.05) is 26.6 Å². The second-order valence-corrected chi connectivity index (χ2v) is 6.91. The predicted molar refractivity (Wildman–Crippen MR) is 73.6 cm³/mol. The fourth-order valence-electron chi connectivity index (χ4n) is 2.16. The first-order valence-corrected chi connectivity index (χ1v) is 8.17. The van der Waals surface area contributed by atoms with Crippen LogP contribution in [0.5, 0.6) is 0 Å². The highest BCUT2D eigenvalue weighted by molar-refractivity contribution is 7.89. The van der Waals surface area contributed by atoms with E-state index in [1.165, 1.54) is 13.2 Å². The summed E-state index contributed by atoms with van der Waals surface area (Å²) < 4.78 is 25.7. The Labute approximate surface area is 119 Å². The molecule has 1 fully saturated rings. The van der Waals surface area contributed by atoms with Crippen molar-refractivity contribution in [2.75, 3.05) is 26.7 Å². The summed E-state index contributed by atoms with van der Waals surface area (Å²) in [7, 11) is -2.27. The summed E-state index contributed by atoms with van der Waals surface area (Å²) in [5.74, 6) is 0.464. The fourth-order valence-corrected chi connectivity index (χ4v) is 3.21. The molecule has 0 spiro atoms. The van der Waals surface area contributed by atoms with Crippen molar-refractivity contribution in [2.24, 2.45) is 0 Å². The Bertz CT molecular complexity index is 575. The predicted octanol–water partition coefficient (Wildman–Crippen LogP) is 0.215. The normalized spacial score (nSPS) is 16.1. The van der Waals surface area contributed by atoms with Gasteiger partial charge in [0.05, 0.1) is 12.7 Å². The molecular formula is C12H20N4O3S. The molecule has 1 aromatic rings. The van der Waals surface area contributed by atoms with Crippen LogP contribution in [0.1, 0.15) is 25.6 Å². The second-order valence-electron chi connectivity index (χ2n) is 4.90. The number of carbonyl (C=O) groups excluding carboxylic acids is 1. The van der Waals surface area contributed by atoms with E-state index in [-0.39, 0.29) is 17.5 Å². The summed E-state index contributed by atoms with van der Waals surface area (Å²) in [5, 5.41) is 0.0334. The van der Waals surface area contributed by atoms with E-state index in [4.69, 9.17) is 0 Å². The summed E-state index contributed by atoms with van der Waals surface area (Å²) in [4.78, 5) is 20.4. The van der Waals surface area contributed by atoms with Gasteiger partial charge in [-0.1, -0.05) is 6.92 Å². The molecule has 8 heteroatoms. The molecule has 20 heavy (non-hydrogen) atoms. The van der Waals surface area contributed by atoms with Crippen LogP contribution in [0.2, 0.25) is 0 Å². The summed E-state index contributed by atoms with van der Waals surface area (Å²) in [6.07, 6.45) is 3.90. The van der Waals surface area contributed by atoms with Crippen LogP contribution in [0.3, 0.4) is 0 Å². The Morgan fingerprint density at radius 1 is 1.45 bits per heavy atom. The molecule has 1 saturated heterocycles. The number of hydrogen-bond donors (Lipinski definition) is 1. The van der Waals surface area contributed by atoms with Crippen LogP contribution in [0.4, 0.5) is 0 Å². The van der Waals surface area contributed by atoms with Crippen molar-refractivity contribution >= 4 is 15.9 Å². The average molecular weight is 300 g/mol. The van der Waals surface area contributed by atoms with Gasteiger partial charge in [-0.15, -0.1) is 0 Å². The lowest BCUT2D eigenvalue weighted by Crippen LogP contribution is -2.39. The van der Waals surface area contributed by atoms with Crippen LogP contribution in [0.15, 0.2) is 11.2 Å². The van der Waals surface area contributed by atoms with E-state index in [0.29, 0.717) is 12.2 Å². The molecule has 1 amide bonds. The minimum Gasteiger partial charge on any atom is -0.342 e. The maximum atomic E-state index is 12.3. The van der Waals surface area contributed by atoms with E-state index in [1.807, 2.05) is 6.92 Å². The second kappa shape index (κ2) is 5.92. The number of nitrogens with one attached hydrogen (secondary N) is 1. The Kier molecular flexibility index (Phi) is 4.44. The van der Waals surface area contributed by atoms with Crippen LogP contribution in [0, 0.1) is 0 Å². The molecule has 1 aliphatic heterocycles. The van der Waals surface area contributed by atoms with Gasteiger partial charge >= 0.3 is 0 Å². The van der Waals surface area contributed by atoms with Crippen LogP contribution in [-0.2, 0) is 21.2 Å². The van der Waals surface area contributed by atoms with Crippen LogP contribution >= 0.6 is 0 Å². The van der Waals surface area contributed by atoms with Crippen LogP contribution in [0.25, 0.3) is 0 Å². The first-order chi connectivity index (χ1) is 9.45. The van der Waals surface area contributed by atoms with E-state index in [0.717, 1.165) is 30.2 Å². The number of H-pyrrole nitrogens is 1. The zero-order valence-electron chi connectivity index (χ0n) is 11.8. The minimum atomic E-state index is -3.69. The molecule has 1 aliphatic rings. The van der Waals surface area contributed by atoms with Gasteiger partial charge in [0.25, 0.3) is 10.0 Å². The topological polar surface area (TPSA) is 86.4 Å². The number of nitrogens with zero attached hydrogens (tertiary/aromatic N) is 3. The maximum absolute atomic E-state index is 12.3. The highest BCUT2D eigenvalue weighted by Gasteiger charge is 2.27. The first-order valence-electron chi connectivity index (χ1n) is 6.73. The number of rotatable bonds is 5. The van der Waals surface area contributed by atoms with Crippen molar-refractivity contribution in [2.45, 2.75) is 31.2 Å². The number of likely N-dealkylation sites (tertiary alicyclic amines) is 1. The molecule has 0 bridgehead atoms. The van der Waals surface area contributed by atoms with Crippen molar-refractivity contribution in [1.82, 2.24) is 19.2 Å². The number of aromatic nitrogens is 2. The quantitative estimate of drug-likeness (QED) is 0.842. The molecule has 0 atom stereocenters. The lowest BCUT2D eigenvalue weighted by Gasteiger charge is -2.20. The van der Waals surface area contributed by atoms with Crippen molar-refractivity contribution < 1.29 is 13.2 Å². The van der Waals surface area contributed by atoms with Gasteiger partial charge in [0.2, 0.25) is 5.91 Å². The number of hydrogen-bond acceptors (Lipinski definition) is 4. The molecule has 1 aromatic heterocycles. The van der Waals surface area contributed by atoms with Crippen molar-refractivity contribution in [3.63, 3.8) is 0 Å². The van der Waals surface area contributed by atoms with Crippen molar-refractivity contribution in [1.29, 1.82) is 0 Å². The van der Waals surface area contributed by atoms with E-state index < -0.39 is 10.0 Å². The number of amides is 1. The third-order valence-corrected chi connectivity index (χ3v) is 5.16. The molecule has 112 valence electrons. The molecule has 0 aliphatic carbocycles. The third-order valence-electron chi connectivity index (χ3n) is 3.44. The monoisotopic (exact) mass is 300 g/mol. The van der Waals surface area contributed by atoms with Crippen molar-refractivity contribution in [3.05, 3.63) is 12.0 Å². The van der Waals surface area contributed by atoms with Gasteiger partial charge in [-0.05, 0) is 12.8 Å². The zero-order chi connectivity index (χ0) is 14.8. The lowest BCUT2D eigenvalue weighted by atomic mass is 10.4. The number of sulfonamides is 1. The first kappa shape index (κ1) is 15.0. The van der Waals surface area contributed by atoms with Gasteiger partial charge in [-0.3, -0.25) is 4.79 Å². The highest BCUT2D eigenvalue weighted by Crippen LogP contribution is 2.13. The Morgan fingerprint density at radius 3 is 2.65 bits per heavy atom. The number of aromatic amines is 1. The number of carbonyl (C=O) groups is 1. The minimum absolute atomic E-state index is 0.0334. The van der Waals surface area contributed by atoms with Gasteiger partial charge < -0.3 is 9.88 Å². The summed E-state index contributed by atoms with van der Waals surface area (Å²) in [6, 6.07) is 0. The van der Waals surface area contributed by atoms with Crippen LogP contribution < -0.4 is 0 Å². The molecule has 0 aromatic carbocycles. The molecule has 7 nitrogen and oxygen atoms in total. The Balaban J connectivity index is 2.06. The van der Waals surface area contributed by atoms with E-state index in [2.05, 4.69) is 9.97 Å². The summed E-state index contributed by atoms with van der Waals surface area (Å²) >= 11 is 0. The molecule has 1 N–H and O–H groups in total. The fraction of sp³-hybridized carbons (Fsp3) is 0.667. The summed E-state index contributed by atoms with van der Waals surface area (Å²) in [6.45, 7) is 3.19. The maximum Gasteiger partial charge on any atom is 0.260 e. The van der Waals surface area contributed by atoms with E-state index in [1.54, 1.807) is 4.90 Å².